The van der Waals surface area contributed by atoms with E-state index in [0.717, 1.165) is 4.31 Å². The number of carboxylic acids is 1. The van der Waals surface area contributed by atoms with E-state index >= 15 is 0 Å². The number of carboxylic acid groups (broad SMARTS) is 1. The smallest absolute Gasteiger partial charge is 0.323 e. The quantitative estimate of drug-likeness (QED) is 0.566. The molecule has 0 aromatic rings. The van der Waals surface area contributed by atoms with Gasteiger partial charge in [-0.2, -0.15) is 17.4 Å². The largest absolute Gasteiger partial charge is 0.480 e. The van der Waals surface area contributed by atoms with Crippen molar-refractivity contribution in [3.63, 3.8) is 0 Å². The molecular formula is C5H10N2O4S. The molecule has 0 radical (unpaired) electrons. The minimum atomic E-state index is -3.53. The number of nitrogens with one attached hydrogen (secondary N) is 1. The van der Waals surface area contributed by atoms with E-state index in [2.05, 4.69) is 0 Å². The first-order chi connectivity index (χ1) is 5.47. The Hall–Kier alpha value is -0.660. The van der Waals surface area contributed by atoms with E-state index in [4.69, 9.17) is 5.11 Å². The van der Waals surface area contributed by atoms with Crippen LogP contribution in [-0.2, 0) is 15.0 Å². The lowest BCUT2D eigenvalue weighted by molar-refractivity contribution is -0.138. The van der Waals surface area contributed by atoms with Gasteiger partial charge in [-0.05, 0) is 0 Å². The molecule has 1 aliphatic rings. The van der Waals surface area contributed by atoms with Gasteiger partial charge in [0.2, 0.25) is 0 Å². The van der Waals surface area contributed by atoms with Crippen LogP contribution in [0.1, 0.15) is 6.92 Å². The first-order valence-electron chi connectivity index (χ1n) is 3.47. The van der Waals surface area contributed by atoms with Gasteiger partial charge in [0.05, 0.1) is 0 Å². The van der Waals surface area contributed by atoms with Crippen molar-refractivity contribution in [2.24, 2.45) is 0 Å². The van der Waals surface area contributed by atoms with Crippen LogP contribution in [0.15, 0.2) is 0 Å². The molecule has 0 unspecified atom stereocenters. The van der Waals surface area contributed by atoms with E-state index in [1.54, 1.807) is 6.92 Å². The Morgan fingerprint density at radius 2 is 2.33 bits per heavy atom. The normalized spacial score (nSPS) is 28.9. The molecule has 1 saturated heterocycles. The minimum Gasteiger partial charge on any atom is -0.480 e. The third kappa shape index (κ3) is 1.57. The minimum absolute atomic E-state index is 0.00810. The van der Waals surface area contributed by atoms with Crippen LogP contribution in [0.25, 0.3) is 0 Å². The number of nitrogens with zero attached hydrogens (tertiary/aromatic N) is 1. The van der Waals surface area contributed by atoms with Crippen molar-refractivity contribution < 1.29 is 18.3 Å². The molecule has 70 valence electrons. The van der Waals surface area contributed by atoms with E-state index in [9.17, 15) is 13.2 Å². The van der Waals surface area contributed by atoms with Gasteiger partial charge in [-0.3, -0.25) is 4.79 Å². The van der Waals surface area contributed by atoms with Gasteiger partial charge in [0.25, 0.3) is 10.2 Å². The van der Waals surface area contributed by atoms with Gasteiger partial charge in [0.15, 0.2) is 0 Å². The van der Waals surface area contributed by atoms with Crippen LogP contribution in [0.2, 0.25) is 0 Å². The first kappa shape index (κ1) is 9.43. The molecule has 0 spiro atoms. The highest BCUT2D eigenvalue weighted by molar-refractivity contribution is 7.87. The highest BCUT2D eigenvalue weighted by Crippen LogP contribution is 2.09. The Bertz CT molecular complexity index is 286. The van der Waals surface area contributed by atoms with Crippen molar-refractivity contribution in [3.8, 4) is 0 Å². The topological polar surface area (TPSA) is 86.7 Å². The second-order valence-corrected chi connectivity index (χ2v) is 4.17. The molecule has 0 saturated carbocycles. The van der Waals surface area contributed by atoms with E-state index in [1.165, 1.54) is 0 Å². The summed E-state index contributed by atoms with van der Waals surface area (Å²) in [5, 5.41) is 8.51. The van der Waals surface area contributed by atoms with E-state index in [0.29, 0.717) is 6.54 Å². The maximum Gasteiger partial charge on any atom is 0.323 e. The molecule has 0 amide bonds. The number of likely N-dealkylation sites (N-methyl/N-ethyl adjacent to an activating group) is 1. The van der Waals surface area contributed by atoms with Gasteiger partial charge in [0, 0.05) is 13.1 Å². The summed E-state index contributed by atoms with van der Waals surface area (Å²) in [5.74, 6) is -1.14. The average Bonchev–Trinajstić information content (AvgIpc) is 2.25. The van der Waals surface area contributed by atoms with Crippen LogP contribution < -0.4 is 4.72 Å². The van der Waals surface area contributed by atoms with Crippen molar-refractivity contribution in [2.75, 3.05) is 13.1 Å². The summed E-state index contributed by atoms with van der Waals surface area (Å²) in [5.41, 5.74) is 0. The lowest BCUT2D eigenvalue weighted by Crippen LogP contribution is -2.34. The third-order valence-corrected chi connectivity index (χ3v) is 3.34. The SMILES string of the molecule is CCN1C[C@@H](C(=O)O)NS1(=O)=O. The predicted molar refractivity (Wildman–Crippen MR) is 40.7 cm³/mol. The van der Waals surface area contributed by atoms with Crippen LogP contribution in [0.4, 0.5) is 0 Å². The maximum atomic E-state index is 11.1. The van der Waals surface area contributed by atoms with Gasteiger partial charge in [0.1, 0.15) is 6.04 Å². The van der Waals surface area contributed by atoms with E-state index in [1.807, 2.05) is 4.72 Å². The average molecular weight is 194 g/mol. The summed E-state index contributed by atoms with van der Waals surface area (Å²) in [4.78, 5) is 10.4. The Morgan fingerprint density at radius 1 is 1.75 bits per heavy atom. The maximum absolute atomic E-state index is 11.1. The zero-order valence-corrected chi connectivity index (χ0v) is 7.34. The van der Waals surface area contributed by atoms with Crippen molar-refractivity contribution in [3.05, 3.63) is 0 Å². The number of carbonyl (C=O) groups is 1. The highest BCUT2D eigenvalue weighted by atomic mass is 32.2. The second-order valence-electron chi connectivity index (χ2n) is 2.46. The second kappa shape index (κ2) is 3.00. The molecule has 1 atom stereocenters. The molecule has 0 aliphatic carbocycles. The molecule has 1 fully saturated rings. The van der Waals surface area contributed by atoms with Gasteiger partial charge >= 0.3 is 5.97 Å². The Labute approximate surface area is 70.4 Å². The number of hydrogen-bond donors (Lipinski definition) is 2. The summed E-state index contributed by atoms with van der Waals surface area (Å²) < 4.78 is 25.2. The molecule has 1 rings (SSSR count). The van der Waals surface area contributed by atoms with Crippen molar-refractivity contribution in [1.29, 1.82) is 0 Å². The van der Waals surface area contributed by atoms with E-state index in [-0.39, 0.29) is 6.54 Å². The molecule has 1 aliphatic heterocycles. The van der Waals surface area contributed by atoms with Crippen LogP contribution in [0.5, 0.6) is 0 Å². The number of hydrogen-bond acceptors (Lipinski definition) is 3. The lowest BCUT2D eigenvalue weighted by Gasteiger charge is -2.07. The molecule has 7 heteroatoms. The standard InChI is InChI=1S/C5H10N2O4S/c1-2-7-3-4(5(8)9)6-12(7,10)11/h4,6H,2-3H2,1H3,(H,8,9)/t4-/m0/s1. The predicted octanol–water partition coefficient (Wildman–Crippen LogP) is -1.39. The van der Waals surface area contributed by atoms with Gasteiger partial charge in [-0.1, -0.05) is 6.92 Å². The summed E-state index contributed by atoms with van der Waals surface area (Å²) in [6, 6.07) is -1.00. The van der Waals surface area contributed by atoms with Crippen LogP contribution >= 0.6 is 0 Å². The molecule has 0 bridgehead atoms. The fraction of sp³-hybridized carbons (Fsp3) is 0.800. The summed E-state index contributed by atoms with van der Waals surface area (Å²) in [6.45, 7) is 1.96. The van der Waals surface area contributed by atoms with Crippen LogP contribution in [0, 0.1) is 0 Å². The Kier molecular flexibility index (Phi) is 2.36. The summed E-state index contributed by atoms with van der Waals surface area (Å²) >= 11 is 0. The molecule has 0 aromatic carbocycles. The molecular weight excluding hydrogens is 184 g/mol. The fourth-order valence-corrected chi connectivity index (χ4v) is 2.39. The lowest BCUT2D eigenvalue weighted by atomic mass is 10.3. The Morgan fingerprint density at radius 3 is 2.58 bits per heavy atom. The van der Waals surface area contributed by atoms with Gasteiger partial charge < -0.3 is 5.11 Å². The molecule has 12 heavy (non-hydrogen) atoms. The highest BCUT2D eigenvalue weighted by Gasteiger charge is 2.37. The Balaban J connectivity index is 2.80. The molecule has 6 nitrogen and oxygen atoms in total. The molecule has 2 N–H and O–H groups in total. The van der Waals surface area contributed by atoms with Crippen molar-refractivity contribution >= 4 is 16.2 Å². The zero-order chi connectivity index (χ0) is 9.35. The third-order valence-electron chi connectivity index (χ3n) is 1.67. The van der Waals surface area contributed by atoms with Gasteiger partial charge in [-0.25, -0.2) is 0 Å². The van der Waals surface area contributed by atoms with Gasteiger partial charge in [-0.15, -0.1) is 0 Å². The van der Waals surface area contributed by atoms with Crippen molar-refractivity contribution in [2.45, 2.75) is 13.0 Å². The monoisotopic (exact) mass is 194 g/mol. The van der Waals surface area contributed by atoms with Crippen molar-refractivity contribution in [1.82, 2.24) is 9.03 Å². The van der Waals surface area contributed by atoms with Crippen LogP contribution in [-0.4, -0.2) is 42.9 Å². The number of aliphatic carboxylic acids is 1. The van der Waals surface area contributed by atoms with Crippen LogP contribution in [0.3, 0.4) is 0 Å². The fourth-order valence-electron chi connectivity index (χ4n) is 1.02. The number of rotatable bonds is 2. The summed E-state index contributed by atoms with van der Waals surface area (Å²) in [7, 11) is -3.53. The summed E-state index contributed by atoms with van der Waals surface area (Å²) in [6.07, 6.45) is 0. The molecule has 0 aromatic heterocycles. The van der Waals surface area contributed by atoms with E-state index < -0.39 is 22.2 Å². The molecule has 1 heterocycles. The first-order valence-corrected chi connectivity index (χ1v) is 4.91. The zero-order valence-electron chi connectivity index (χ0n) is 6.52.